The van der Waals surface area contributed by atoms with E-state index in [2.05, 4.69) is 17.9 Å². The van der Waals surface area contributed by atoms with Crippen LogP contribution < -0.4 is 0 Å². The number of hydrogen-bond acceptors (Lipinski definition) is 1. The van der Waals surface area contributed by atoms with E-state index >= 15 is 0 Å². The average Bonchev–Trinajstić information content (AvgIpc) is 1.81. The first-order chi connectivity index (χ1) is 3.91. The first-order valence-electron chi connectivity index (χ1n) is 2.90. The fourth-order valence-corrected chi connectivity index (χ4v) is 0.470. The van der Waals surface area contributed by atoms with Gasteiger partial charge in [0.05, 0.1) is 7.11 Å². The summed E-state index contributed by atoms with van der Waals surface area (Å²) < 4.78 is 4.60. The van der Waals surface area contributed by atoms with E-state index in [1.54, 1.807) is 0 Å². The summed E-state index contributed by atoms with van der Waals surface area (Å²) in [7, 11) is 3.26. The molecule has 0 unspecified atom stereocenters. The fraction of sp³-hybridized carbons (Fsp3) is 0.571. The van der Waals surface area contributed by atoms with Gasteiger partial charge in [-0.2, -0.15) is 0 Å². The summed E-state index contributed by atoms with van der Waals surface area (Å²) >= 11 is 0. The molecule has 0 spiro atoms. The van der Waals surface area contributed by atoms with Crippen molar-refractivity contribution < 1.29 is 4.74 Å². The Balaban J connectivity index is 2.72. The van der Waals surface area contributed by atoms with Gasteiger partial charge < -0.3 is 4.74 Å². The summed E-state index contributed by atoms with van der Waals surface area (Å²) in [5.74, 6) is 0. The third-order valence-electron chi connectivity index (χ3n) is 0.895. The maximum absolute atomic E-state index is 4.60. The molecule has 0 aromatic heterocycles. The van der Waals surface area contributed by atoms with Gasteiger partial charge in [0.25, 0.3) is 0 Å². The molecule has 0 N–H and O–H groups in total. The predicted molar refractivity (Wildman–Crippen MR) is 35.4 cm³/mol. The molecule has 0 bridgehead atoms. The van der Waals surface area contributed by atoms with Crippen molar-refractivity contribution in [3.8, 4) is 0 Å². The molecule has 0 saturated carbocycles. The Kier molecular flexibility index (Phi) is 6.45. The molecule has 0 aromatic carbocycles. The normalized spacial score (nSPS) is 10.8. The Bertz CT molecular complexity index is 57.4. The highest BCUT2D eigenvalue weighted by Crippen LogP contribution is 1.89. The summed E-state index contributed by atoms with van der Waals surface area (Å²) in [6, 6.07) is 0. The number of ether oxygens (including phenoxy) is 1. The lowest BCUT2D eigenvalue weighted by atomic mass is 10.3. The van der Waals surface area contributed by atoms with Crippen LogP contribution in [-0.2, 0) is 4.74 Å². The highest BCUT2D eigenvalue weighted by molar-refractivity contribution is 4.75. The molecule has 0 aliphatic heterocycles. The van der Waals surface area contributed by atoms with Gasteiger partial charge in [-0.1, -0.05) is 12.2 Å². The van der Waals surface area contributed by atoms with Crippen molar-refractivity contribution in [2.45, 2.75) is 19.8 Å². The van der Waals surface area contributed by atoms with E-state index in [9.17, 15) is 0 Å². The smallest absolute Gasteiger partial charge is 0.0700 e. The molecule has 0 saturated heterocycles. The van der Waals surface area contributed by atoms with E-state index in [1.165, 1.54) is 0 Å². The second-order valence-electron chi connectivity index (χ2n) is 1.62. The van der Waals surface area contributed by atoms with E-state index in [0.717, 1.165) is 19.4 Å². The van der Waals surface area contributed by atoms with Crippen LogP contribution in [0.15, 0.2) is 12.2 Å². The lowest BCUT2D eigenvalue weighted by Crippen LogP contribution is -1.82. The second-order valence-corrected chi connectivity index (χ2v) is 1.62. The Morgan fingerprint density at radius 3 is 2.88 bits per heavy atom. The topological polar surface area (TPSA) is 9.23 Å². The van der Waals surface area contributed by atoms with Crippen LogP contribution in [0.25, 0.3) is 0 Å². The van der Waals surface area contributed by atoms with Crippen molar-refractivity contribution in [3.05, 3.63) is 19.3 Å². The largest absolute Gasteiger partial charge is 0.379 e. The van der Waals surface area contributed by atoms with E-state index < -0.39 is 0 Å². The zero-order valence-electron chi connectivity index (χ0n) is 5.39. The van der Waals surface area contributed by atoms with Crippen LogP contribution >= 0.6 is 0 Å². The van der Waals surface area contributed by atoms with Crippen molar-refractivity contribution in [1.82, 2.24) is 0 Å². The summed E-state index contributed by atoms with van der Waals surface area (Å²) in [5, 5.41) is 0. The summed E-state index contributed by atoms with van der Waals surface area (Å²) in [6.07, 6.45) is 6.35. The van der Waals surface area contributed by atoms with Crippen LogP contribution in [0, 0.1) is 7.11 Å². The van der Waals surface area contributed by atoms with Gasteiger partial charge in [-0.25, -0.2) is 0 Å². The molecule has 0 aliphatic carbocycles. The SMILES string of the molecule is [CH2]OCCCC=CC. The third-order valence-corrected chi connectivity index (χ3v) is 0.895. The highest BCUT2D eigenvalue weighted by atomic mass is 16.5. The quantitative estimate of drug-likeness (QED) is 0.401. The molecule has 0 amide bonds. The van der Waals surface area contributed by atoms with Crippen LogP contribution in [0.4, 0.5) is 0 Å². The van der Waals surface area contributed by atoms with Crippen molar-refractivity contribution >= 4 is 0 Å². The first kappa shape index (κ1) is 7.70. The van der Waals surface area contributed by atoms with Crippen LogP contribution in [-0.4, -0.2) is 6.61 Å². The lowest BCUT2D eigenvalue weighted by Gasteiger charge is -1.91. The first-order valence-corrected chi connectivity index (χ1v) is 2.90. The summed E-state index contributed by atoms with van der Waals surface area (Å²) in [6.45, 7) is 2.79. The van der Waals surface area contributed by atoms with Crippen molar-refractivity contribution in [2.75, 3.05) is 6.61 Å². The van der Waals surface area contributed by atoms with Gasteiger partial charge in [-0.05, 0) is 19.8 Å². The highest BCUT2D eigenvalue weighted by Gasteiger charge is 1.78. The molecule has 1 radical (unpaired) electrons. The molecule has 0 aromatic rings. The van der Waals surface area contributed by atoms with Crippen LogP contribution in [0.5, 0.6) is 0 Å². The Hall–Kier alpha value is -0.300. The minimum absolute atomic E-state index is 0.768. The molecule has 47 valence electrons. The molecule has 1 heteroatoms. The van der Waals surface area contributed by atoms with Crippen molar-refractivity contribution in [3.63, 3.8) is 0 Å². The standard InChI is InChI=1S/C7H13O/c1-3-4-5-6-7-8-2/h3-4H,2,5-7H2,1H3. The molecule has 0 heterocycles. The summed E-state index contributed by atoms with van der Waals surface area (Å²) in [5.41, 5.74) is 0. The monoisotopic (exact) mass is 113 g/mol. The molecular weight excluding hydrogens is 100 g/mol. The van der Waals surface area contributed by atoms with Crippen LogP contribution in [0.2, 0.25) is 0 Å². The lowest BCUT2D eigenvalue weighted by molar-refractivity contribution is 0.238. The average molecular weight is 113 g/mol. The van der Waals surface area contributed by atoms with E-state index in [-0.39, 0.29) is 0 Å². The Labute approximate surface area is 51.4 Å². The maximum atomic E-state index is 4.60. The second kappa shape index (κ2) is 6.70. The van der Waals surface area contributed by atoms with Gasteiger partial charge in [-0.15, -0.1) is 0 Å². The van der Waals surface area contributed by atoms with Gasteiger partial charge in [0.15, 0.2) is 0 Å². The minimum atomic E-state index is 0.768. The number of hydrogen-bond donors (Lipinski definition) is 0. The number of unbranched alkanes of at least 4 members (excludes halogenated alkanes) is 1. The fourth-order valence-electron chi connectivity index (χ4n) is 0.470. The molecule has 0 fully saturated rings. The number of allylic oxidation sites excluding steroid dienone is 2. The van der Waals surface area contributed by atoms with Crippen LogP contribution in [0.3, 0.4) is 0 Å². The minimum Gasteiger partial charge on any atom is -0.379 e. The number of rotatable bonds is 4. The van der Waals surface area contributed by atoms with Gasteiger partial charge in [0.1, 0.15) is 0 Å². The van der Waals surface area contributed by atoms with E-state index in [1.807, 2.05) is 13.0 Å². The molecule has 0 atom stereocenters. The third kappa shape index (κ3) is 5.70. The molecule has 1 nitrogen and oxygen atoms in total. The van der Waals surface area contributed by atoms with Gasteiger partial charge in [0, 0.05) is 6.61 Å². The summed E-state index contributed by atoms with van der Waals surface area (Å²) in [4.78, 5) is 0. The Morgan fingerprint density at radius 1 is 1.62 bits per heavy atom. The molecule has 0 aliphatic rings. The molecule has 8 heavy (non-hydrogen) atoms. The van der Waals surface area contributed by atoms with Gasteiger partial charge in [-0.3, -0.25) is 0 Å². The zero-order valence-corrected chi connectivity index (χ0v) is 5.39. The van der Waals surface area contributed by atoms with Gasteiger partial charge >= 0.3 is 0 Å². The predicted octanol–water partition coefficient (Wildman–Crippen LogP) is 2.15. The molecular formula is C7H13O. The van der Waals surface area contributed by atoms with Crippen molar-refractivity contribution in [2.24, 2.45) is 0 Å². The van der Waals surface area contributed by atoms with Gasteiger partial charge in [0.2, 0.25) is 0 Å². The zero-order chi connectivity index (χ0) is 6.24. The molecule has 0 rings (SSSR count). The maximum Gasteiger partial charge on any atom is 0.0700 e. The van der Waals surface area contributed by atoms with Crippen LogP contribution in [0.1, 0.15) is 19.8 Å². The van der Waals surface area contributed by atoms with Crippen molar-refractivity contribution in [1.29, 1.82) is 0 Å². The Morgan fingerprint density at radius 2 is 2.38 bits per heavy atom. The van der Waals surface area contributed by atoms with E-state index in [0.29, 0.717) is 0 Å². The van der Waals surface area contributed by atoms with E-state index in [4.69, 9.17) is 0 Å².